The van der Waals surface area contributed by atoms with Crippen LogP contribution in [0.5, 0.6) is 5.75 Å². The zero-order chi connectivity index (χ0) is 22.8. The summed E-state index contributed by atoms with van der Waals surface area (Å²) >= 11 is 0. The summed E-state index contributed by atoms with van der Waals surface area (Å²) in [5.41, 5.74) is 2.05. The van der Waals surface area contributed by atoms with Crippen LogP contribution >= 0.6 is 0 Å². The maximum absolute atomic E-state index is 13.5. The van der Waals surface area contributed by atoms with E-state index in [1.165, 1.54) is 17.0 Å². The minimum Gasteiger partial charge on any atom is -0.497 e. The SMILES string of the molecule is COc1ccc(N2C(=O)N(C(C)CO)c3nc(Nc4ccc(F)cc4)ncc3C2C)cc1. The Morgan fingerprint density at radius 1 is 1.19 bits per heavy atom. The molecule has 1 aromatic heterocycles. The number of halogens is 1. The van der Waals surface area contributed by atoms with Crippen molar-refractivity contribution in [1.82, 2.24) is 9.97 Å². The summed E-state index contributed by atoms with van der Waals surface area (Å²) < 4.78 is 18.4. The number of aliphatic hydroxyl groups excluding tert-OH is 1. The second-order valence-electron chi connectivity index (χ2n) is 7.53. The summed E-state index contributed by atoms with van der Waals surface area (Å²) in [6.45, 7) is 3.41. The highest BCUT2D eigenvalue weighted by molar-refractivity contribution is 6.06. The molecule has 2 unspecified atom stereocenters. The average Bonchev–Trinajstić information content (AvgIpc) is 2.81. The molecule has 1 aliphatic heterocycles. The van der Waals surface area contributed by atoms with Gasteiger partial charge in [-0.3, -0.25) is 9.80 Å². The number of hydrogen-bond donors (Lipinski definition) is 2. The Labute approximate surface area is 185 Å². The number of anilines is 4. The molecule has 0 radical (unpaired) electrons. The van der Waals surface area contributed by atoms with Gasteiger partial charge in [0.05, 0.1) is 25.8 Å². The Morgan fingerprint density at radius 2 is 1.88 bits per heavy atom. The molecule has 0 aliphatic carbocycles. The molecule has 166 valence electrons. The summed E-state index contributed by atoms with van der Waals surface area (Å²) in [7, 11) is 1.58. The van der Waals surface area contributed by atoms with E-state index in [-0.39, 0.29) is 30.4 Å². The molecule has 1 aliphatic rings. The zero-order valence-corrected chi connectivity index (χ0v) is 18.0. The molecule has 0 fully saturated rings. The van der Waals surface area contributed by atoms with Crippen molar-refractivity contribution in [2.75, 3.05) is 28.8 Å². The van der Waals surface area contributed by atoms with Crippen LogP contribution in [0.2, 0.25) is 0 Å². The average molecular weight is 437 g/mol. The van der Waals surface area contributed by atoms with E-state index in [2.05, 4.69) is 15.3 Å². The van der Waals surface area contributed by atoms with Gasteiger partial charge < -0.3 is 15.2 Å². The third-order valence-corrected chi connectivity index (χ3v) is 5.43. The summed E-state index contributed by atoms with van der Waals surface area (Å²) in [6.07, 6.45) is 1.67. The van der Waals surface area contributed by atoms with Crippen molar-refractivity contribution < 1.29 is 19.0 Å². The lowest BCUT2D eigenvalue weighted by atomic mass is 10.0. The number of hydrogen-bond acceptors (Lipinski definition) is 6. The molecule has 0 spiro atoms. The lowest BCUT2D eigenvalue weighted by molar-refractivity contribution is 0.233. The molecule has 9 heteroatoms. The van der Waals surface area contributed by atoms with Gasteiger partial charge in [0.2, 0.25) is 5.95 Å². The molecule has 2 N–H and O–H groups in total. The zero-order valence-electron chi connectivity index (χ0n) is 18.0. The highest BCUT2D eigenvalue weighted by atomic mass is 19.1. The Bertz CT molecular complexity index is 1110. The predicted molar refractivity (Wildman–Crippen MR) is 120 cm³/mol. The fourth-order valence-corrected chi connectivity index (χ4v) is 3.66. The number of amides is 2. The number of rotatable bonds is 6. The Morgan fingerprint density at radius 3 is 2.50 bits per heavy atom. The number of urea groups is 1. The Hall–Kier alpha value is -3.72. The van der Waals surface area contributed by atoms with E-state index in [0.29, 0.717) is 22.9 Å². The number of carbonyl (C=O) groups excluding carboxylic acids is 1. The minimum atomic E-state index is -0.511. The smallest absolute Gasteiger partial charge is 0.331 e. The number of aromatic nitrogens is 2. The molecule has 0 saturated carbocycles. The first-order valence-corrected chi connectivity index (χ1v) is 10.2. The van der Waals surface area contributed by atoms with Crippen molar-refractivity contribution in [3.8, 4) is 5.75 Å². The monoisotopic (exact) mass is 437 g/mol. The first-order valence-electron chi connectivity index (χ1n) is 10.2. The molecule has 4 rings (SSSR count). The first-order chi connectivity index (χ1) is 15.4. The van der Waals surface area contributed by atoms with Crippen molar-refractivity contribution in [1.29, 1.82) is 0 Å². The predicted octanol–water partition coefficient (Wildman–Crippen LogP) is 4.26. The molecular formula is C23H24FN5O3. The lowest BCUT2D eigenvalue weighted by Gasteiger charge is -2.42. The third kappa shape index (κ3) is 3.94. The van der Waals surface area contributed by atoms with Crippen LogP contribution < -0.4 is 19.9 Å². The van der Waals surface area contributed by atoms with Gasteiger partial charge in [-0.1, -0.05) is 0 Å². The molecule has 8 nitrogen and oxygen atoms in total. The van der Waals surface area contributed by atoms with Gasteiger partial charge in [-0.15, -0.1) is 0 Å². The molecule has 0 bridgehead atoms. The lowest BCUT2D eigenvalue weighted by Crippen LogP contribution is -2.54. The highest BCUT2D eigenvalue weighted by Crippen LogP contribution is 2.39. The van der Waals surface area contributed by atoms with Crippen molar-refractivity contribution in [2.24, 2.45) is 0 Å². The first kappa shape index (κ1) is 21.5. The second kappa shape index (κ2) is 8.80. The topological polar surface area (TPSA) is 90.8 Å². The van der Waals surface area contributed by atoms with Crippen molar-refractivity contribution >= 4 is 29.2 Å². The fourth-order valence-electron chi connectivity index (χ4n) is 3.66. The van der Waals surface area contributed by atoms with Crippen molar-refractivity contribution in [3.05, 3.63) is 66.1 Å². The number of fused-ring (bicyclic) bond motifs is 1. The van der Waals surface area contributed by atoms with Crippen LogP contribution in [0.15, 0.2) is 54.7 Å². The number of nitrogens with zero attached hydrogens (tertiary/aromatic N) is 4. The second-order valence-corrected chi connectivity index (χ2v) is 7.53. The number of ether oxygens (including phenoxy) is 1. The molecule has 32 heavy (non-hydrogen) atoms. The summed E-state index contributed by atoms with van der Waals surface area (Å²) in [4.78, 5) is 25.6. The van der Waals surface area contributed by atoms with Crippen LogP contribution in [0.1, 0.15) is 25.5 Å². The van der Waals surface area contributed by atoms with Gasteiger partial charge in [0, 0.05) is 23.1 Å². The van der Waals surface area contributed by atoms with Crippen molar-refractivity contribution in [2.45, 2.75) is 25.9 Å². The van der Waals surface area contributed by atoms with E-state index in [0.717, 1.165) is 5.56 Å². The van der Waals surface area contributed by atoms with Crippen LogP contribution in [0.4, 0.5) is 32.3 Å². The van der Waals surface area contributed by atoms with Crippen molar-refractivity contribution in [3.63, 3.8) is 0 Å². The molecular weight excluding hydrogens is 413 g/mol. The maximum Gasteiger partial charge on any atom is 0.331 e. The summed E-state index contributed by atoms with van der Waals surface area (Å²) in [5.74, 6) is 1.03. The van der Waals surface area contributed by atoms with Crippen LogP contribution in [-0.4, -0.2) is 40.9 Å². The van der Waals surface area contributed by atoms with E-state index in [9.17, 15) is 14.3 Å². The van der Waals surface area contributed by atoms with Crippen LogP contribution in [0.25, 0.3) is 0 Å². The fraction of sp³-hybridized carbons (Fsp3) is 0.261. The van der Waals surface area contributed by atoms with Gasteiger partial charge in [-0.25, -0.2) is 14.2 Å². The Kier molecular flexibility index (Phi) is 5.91. The number of aliphatic hydroxyl groups is 1. The van der Waals surface area contributed by atoms with Crippen LogP contribution in [0, 0.1) is 5.82 Å². The largest absolute Gasteiger partial charge is 0.497 e. The Balaban J connectivity index is 1.74. The van der Waals surface area contributed by atoms with E-state index in [1.807, 2.05) is 19.1 Å². The van der Waals surface area contributed by atoms with Gasteiger partial charge >= 0.3 is 6.03 Å². The van der Waals surface area contributed by atoms with Gasteiger partial charge in [-0.05, 0) is 62.4 Å². The number of benzene rings is 2. The standard InChI is InChI=1S/C23H24FN5O3/c1-14(13-30)28-21-20(12-25-22(27-21)26-17-6-4-16(24)5-7-17)15(2)29(23(28)31)18-8-10-19(32-3)11-9-18/h4-12,14-15,30H,13H2,1-3H3,(H,25,26,27). The van der Waals surface area contributed by atoms with Crippen LogP contribution in [0.3, 0.4) is 0 Å². The van der Waals surface area contributed by atoms with E-state index in [4.69, 9.17) is 4.74 Å². The molecule has 3 aromatic rings. The molecule has 2 atom stereocenters. The number of nitrogens with one attached hydrogen (secondary N) is 1. The maximum atomic E-state index is 13.5. The molecule has 0 saturated heterocycles. The highest BCUT2D eigenvalue weighted by Gasteiger charge is 2.40. The quantitative estimate of drug-likeness (QED) is 0.599. The molecule has 2 heterocycles. The minimum absolute atomic E-state index is 0.235. The summed E-state index contributed by atoms with van der Waals surface area (Å²) in [6, 6.07) is 11.9. The van der Waals surface area contributed by atoms with E-state index >= 15 is 0 Å². The summed E-state index contributed by atoms with van der Waals surface area (Å²) in [5, 5.41) is 12.9. The third-order valence-electron chi connectivity index (χ3n) is 5.43. The van der Waals surface area contributed by atoms with Gasteiger partial charge in [0.1, 0.15) is 17.4 Å². The van der Waals surface area contributed by atoms with Gasteiger partial charge in [0.15, 0.2) is 0 Å². The molecule has 2 amide bonds. The van der Waals surface area contributed by atoms with E-state index < -0.39 is 6.04 Å². The van der Waals surface area contributed by atoms with E-state index in [1.54, 1.807) is 49.4 Å². The number of carbonyl (C=O) groups is 1. The number of methoxy groups -OCH3 is 1. The normalized spacial score (nSPS) is 16.5. The van der Waals surface area contributed by atoms with Gasteiger partial charge in [0.25, 0.3) is 0 Å². The van der Waals surface area contributed by atoms with Gasteiger partial charge in [-0.2, -0.15) is 4.98 Å². The van der Waals surface area contributed by atoms with Crippen LogP contribution in [-0.2, 0) is 0 Å². The molecule has 2 aromatic carbocycles.